The monoisotopic (exact) mass is 231 g/mol. The van der Waals surface area contributed by atoms with Gasteiger partial charge in [0.25, 0.3) is 0 Å². The van der Waals surface area contributed by atoms with Crippen molar-refractivity contribution in [1.82, 2.24) is 16.0 Å². The summed E-state index contributed by atoms with van der Waals surface area (Å²) < 4.78 is 0. The maximum atomic E-state index is 11.5. The molecule has 0 spiro atoms. The number of hydrogen-bond acceptors (Lipinski definition) is 2. The molecule has 1 amide bonds. The Morgan fingerprint density at radius 1 is 1.27 bits per heavy atom. The predicted octanol–water partition coefficient (Wildman–Crippen LogP) is 0.631. The number of hydrogen-bond donors (Lipinski definition) is 3. The van der Waals surface area contributed by atoms with Crippen LogP contribution >= 0.6 is 12.2 Å². The van der Waals surface area contributed by atoms with E-state index in [0.717, 1.165) is 6.54 Å². The van der Waals surface area contributed by atoms with Crippen molar-refractivity contribution in [3.05, 3.63) is 0 Å². The van der Waals surface area contributed by atoms with E-state index in [2.05, 4.69) is 29.8 Å². The van der Waals surface area contributed by atoms with Crippen LogP contribution in [0.3, 0.4) is 0 Å². The fourth-order valence-electron chi connectivity index (χ4n) is 0.932. The number of carbonyl (C=O) groups excluding carboxylic acids is 1. The van der Waals surface area contributed by atoms with Gasteiger partial charge in [-0.1, -0.05) is 13.8 Å². The molecule has 1 atom stereocenters. The molecule has 0 bridgehead atoms. The van der Waals surface area contributed by atoms with Crippen molar-refractivity contribution >= 4 is 23.2 Å². The topological polar surface area (TPSA) is 53.2 Å². The summed E-state index contributed by atoms with van der Waals surface area (Å²) in [6, 6.07) is -0.296. The van der Waals surface area contributed by atoms with Gasteiger partial charge < -0.3 is 16.0 Å². The maximum Gasteiger partial charge on any atom is 0.242 e. The third kappa shape index (κ3) is 7.13. The van der Waals surface area contributed by atoms with Gasteiger partial charge in [0.15, 0.2) is 5.11 Å². The van der Waals surface area contributed by atoms with Crippen molar-refractivity contribution in [2.24, 2.45) is 5.92 Å². The van der Waals surface area contributed by atoms with Crippen molar-refractivity contribution in [2.75, 3.05) is 13.1 Å². The SMILES string of the molecule is CCNC(=S)NC(C)C(=O)NCC(C)C. The molecule has 0 radical (unpaired) electrons. The van der Waals surface area contributed by atoms with Crippen LogP contribution in [0, 0.1) is 5.92 Å². The smallest absolute Gasteiger partial charge is 0.242 e. The Balaban J connectivity index is 3.83. The summed E-state index contributed by atoms with van der Waals surface area (Å²) in [5, 5.41) is 9.21. The molecule has 0 aliphatic heterocycles. The predicted molar refractivity (Wildman–Crippen MR) is 66.7 cm³/mol. The van der Waals surface area contributed by atoms with Crippen molar-refractivity contribution in [3.8, 4) is 0 Å². The van der Waals surface area contributed by atoms with E-state index in [-0.39, 0.29) is 11.9 Å². The van der Waals surface area contributed by atoms with Gasteiger partial charge in [-0.15, -0.1) is 0 Å². The average Bonchev–Trinajstić information content (AvgIpc) is 2.14. The summed E-state index contributed by atoms with van der Waals surface area (Å²) in [6.45, 7) is 9.31. The van der Waals surface area contributed by atoms with E-state index in [0.29, 0.717) is 17.6 Å². The largest absolute Gasteiger partial charge is 0.363 e. The minimum absolute atomic E-state index is 0.0241. The van der Waals surface area contributed by atoms with E-state index in [9.17, 15) is 4.79 Å². The molecule has 3 N–H and O–H groups in total. The Labute approximate surface area is 97.2 Å². The van der Waals surface area contributed by atoms with Crippen LogP contribution in [0.1, 0.15) is 27.7 Å². The summed E-state index contributed by atoms with van der Waals surface area (Å²) in [5.41, 5.74) is 0. The van der Waals surface area contributed by atoms with E-state index >= 15 is 0 Å². The lowest BCUT2D eigenvalue weighted by Gasteiger charge is -2.16. The highest BCUT2D eigenvalue weighted by molar-refractivity contribution is 7.80. The minimum atomic E-state index is -0.296. The first-order valence-corrected chi connectivity index (χ1v) is 5.70. The van der Waals surface area contributed by atoms with E-state index in [4.69, 9.17) is 12.2 Å². The Kier molecular flexibility index (Phi) is 7.03. The molecule has 0 aromatic heterocycles. The molecule has 15 heavy (non-hydrogen) atoms. The van der Waals surface area contributed by atoms with Crippen molar-refractivity contribution in [1.29, 1.82) is 0 Å². The standard InChI is InChI=1S/C10H21N3OS/c1-5-11-10(15)13-8(4)9(14)12-6-7(2)3/h7-8H,5-6H2,1-4H3,(H,12,14)(H2,11,13,15). The lowest BCUT2D eigenvalue weighted by atomic mass is 10.2. The zero-order valence-corrected chi connectivity index (χ0v) is 10.7. The molecule has 0 saturated carbocycles. The van der Waals surface area contributed by atoms with Gasteiger partial charge in [-0.2, -0.15) is 0 Å². The first-order valence-electron chi connectivity index (χ1n) is 5.29. The molecule has 0 aromatic rings. The van der Waals surface area contributed by atoms with Crippen LogP contribution < -0.4 is 16.0 Å². The molecule has 0 aliphatic carbocycles. The second-order valence-electron chi connectivity index (χ2n) is 3.86. The molecular weight excluding hydrogens is 210 g/mol. The van der Waals surface area contributed by atoms with Crippen LogP contribution in [0.5, 0.6) is 0 Å². The van der Waals surface area contributed by atoms with Gasteiger partial charge >= 0.3 is 0 Å². The van der Waals surface area contributed by atoms with Crippen molar-refractivity contribution in [2.45, 2.75) is 33.7 Å². The molecule has 0 saturated heterocycles. The summed E-state index contributed by atoms with van der Waals surface area (Å²) in [6.07, 6.45) is 0. The van der Waals surface area contributed by atoms with Gasteiger partial charge in [0.1, 0.15) is 6.04 Å². The molecule has 0 heterocycles. The molecule has 0 aliphatic rings. The number of thiocarbonyl (C=S) groups is 1. The number of nitrogens with one attached hydrogen (secondary N) is 3. The molecule has 1 unspecified atom stereocenters. The van der Waals surface area contributed by atoms with E-state index in [1.54, 1.807) is 6.92 Å². The average molecular weight is 231 g/mol. The van der Waals surface area contributed by atoms with Crippen LogP contribution in [0.2, 0.25) is 0 Å². The molecule has 0 fully saturated rings. The summed E-state index contributed by atoms with van der Waals surface area (Å²) >= 11 is 4.98. The Morgan fingerprint density at radius 3 is 2.33 bits per heavy atom. The summed E-state index contributed by atoms with van der Waals surface area (Å²) in [5.74, 6) is 0.436. The van der Waals surface area contributed by atoms with E-state index in [1.807, 2.05) is 6.92 Å². The second kappa shape index (κ2) is 7.45. The summed E-state index contributed by atoms with van der Waals surface area (Å²) in [4.78, 5) is 11.5. The lowest BCUT2D eigenvalue weighted by Crippen LogP contribution is -2.48. The quantitative estimate of drug-likeness (QED) is 0.608. The summed E-state index contributed by atoms with van der Waals surface area (Å²) in [7, 11) is 0. The van der Waals surface area contributed by atoms with Crippen LogP contribution in [-0.4, -0.2) is 30.2 Å². The van der Waals surface area contributed by atoms with Crippen LogP contribution in [0.4, 0.5) is 0 Å². The molecule has 4 nitrogen and oxygen atoms in total. The lowest BCUT2D eigenvalue weighted by molar-refractivity contribution is -0.122. The highest BCUT2D eigenvalue weighted by Gasteiger charge is 2.12. The highest BCUT2D eigenvalue weighted by atomic mass is 32.1. The first kappa shape index (κ1) is 14.2. The molecular formula is C10H21N3OS. The minimum Gasteiger partial charge on any atom is -0.363 e. The van der Waals surface area contributed by atoms with Gasteiger partial charge in [0, 0.05) is 13.1 Å². The Morgan fingerprint density at radius 2 is 1.87 bits per heavy atom. The van der Waals surface area contributed by atoms with Crippen LogP contribution in [-0.2, 0) is 4.79 Å². The first-order chi connectivity index (χ1) is 6.97. The van der Waals surface area contributed by atoms with Crippen LogP contribution in [0.25, 0.3) is 0 Å². The number of rotatable bonds is 5. The van der Waals surface area contributed by atoms with Gasteiger partial charge in [0.05, 0.1) is 0 Å². The normalized spacial score (nSPS) is 12.1. The Bertz CT molecular complexity index is 219. The fourth-order valence-corrected chi connectivity index (χ4v) is 1.25. The number of carbonyl (C=O) groups is 1. The van der Waals surface area contributed by atoms with Gasteiger partial charge in [-0.3, -0.25) is 4.79 Å². The molecule has 88 valence electrons. The van der Waals surface area contributed by atoms with Crippen molar-refractivity contribution in [3.63, 3.8) is 0 Å². The number of amides is 1. The maximum absolute atomic E-state index is 11.5. The van der Waals surface area contributed by atoms with E-state index < -0.39 is 0 Å². The third-order valence-electron chi connectivity index (χ3n) is 1.76. The third-order valence-corrected chi connectivity index (χ3v) is 2.02. The van der Waals surface area contributed by atoms with Gasteiger partial charge in [-0.25, -0.2) is 0 Å². The van der Waals surface area contributed by atoms with Crippen molar-refractivity contribution < 1.29 is 4.79 Å². The zero-order valence-electron chi connectivity index (χ0n) is 9.89. The molecule has 0 rings (SSSR count). The van der Waals surface area contributed by atoms with E-state index in [1.165, 1.54) is 0 Å². The Hall–Kier alpha value is -0.840. The van der Waals surface area contributed by atoms with Crippen LogP contribution in [0.15, 0.2) is 0 Å². The highest BCUT2D eigenvalue weighted by Crippen LogP contribution is 1.89. The van der Waals surface area contributed by atoms with Gasteiger partial charge in [0.2, 0.25) is 5.91 Å². The zero-order chi connectivity index (χ0) is 11.8. The molecule has 0 aromatic carbocycles. The second-order valence-corrected chi connectivity index (χ2v) is 4.27. The fraction of sp³-hybridized carbons (Fsp3) is 0.800. The molecule has 5 heteroatoms. The van der Waals surface area contributed by atoms with Gasteiger partial charge in [-0.05, 0) is 32.0 Å².